The second-order valence-corrected chi connectivity index (χ2v) is 3.37. The first kappa shape index (κ1) is 10.3. The van der Waals surface area contributed by atoms with Crippen molar-refractivity contribution < 1.29 is 29.2 Å². The van der Waals surface area contributed by atoms with E-state index in [0.29, 0.717) is 13.2 Å². The maximum Gasteiger partial charge on any atom is 0.147 e. The molecule has 0 bridgehead atoms. The SMILES string of the molecule is OC(C(O)[C@H]1COCO1)[C@H]1COCO1. The molecule has 0 aromatic rings. The summed E-state index contributed by atoms with van der Waals surface area (Å²) in [6, 6.07) is 0. The number of rotatable bonds is 3. The molecule has 2 heterocycles. The van der Waals surface area contributed by atoms with Gasteiger partial charge in [0, 0.05) is 0 Å². The van der Waals surface area contributed by atoms with Crippen molar-refractivity contribution in [2.45, 2.75) is 24.4 Å². The average molecular weight is 206 g/mol. The Bertz CT molecular complexity index is 155. The zero-order chi connectivity index (χ0) is 9.97. The van der Waals surface area contributed by atoms with E-state index in [1.807, 2.05) is 0 Å². The zero-order valence-corrected chi connectivity index (χ0v) is 7.67. The molecule has 0 aliphatic carbocycles. The summed E-state index contributed by atoms with van der Waals surface area (Å²) in [6.45, 7) is 0.921. The lowest BCUT2D eigenvalue weighted by molar-refractivity contribution is -0.109. The summed E-state index contributed by atoms with van der Waals surface area (Å²) in [7, 11) is 0. The molecule has 0 spiro atoms. The molecule has 0 radical (unpaired) electrons. The van der Waals surface area contributed by atoms with E-state index in [2.05, 4.69) is 0 Å². The predicted molar refractivity (Wildman–Crippen MR) is 43.4 cm³/mol. The standard InChI is InChI=1S/C8H14O6/c9-7(5-1-11-3-13-5)8(10)6-2-12-4-14-6/h5-10H,1-4H2/t5-,6-,7?,8?/m1/s1. The Hall–Kier alpha value is -0.240. The molecule has 2 rings (SSSR count). The van der Waals surface area contributed by atoms with E-state index in [1.165, 1.54) is 0 Å². The highest BCUT2D eigenvalue weighted by Crippen LogP contribution is 2.17. The van der Waals surface area contributed by atoms with Crippen molar-refractivity contribution in [2.75, 3.05) is 26.8 Å². The van der Waals surface area contributed by atoms with Crippen molar-refractivity contribution in [3.8, 4) is 0 Å². The van der Waals surface area contributed by atoms with Crippen molar-refractivity contribution in [3.63, 3.8) is 0 Å². The molecule has 14 heavy (non-hydrogen) atoms. The largest absolute Gasteiger partial charge is 0.387 e. The summed E-state index contributed by atoms with van der Waals surface area (Å²) in [4.78, 5) is 0. The lowest BCUT2D eigenvalue weighted by Gasteiger charge is -2.24. The van der Waals surface area contributed by atoms with Crippen LogP contribution >= 0.6 is 0 Å². The summed E-state index contributed by atoms with van der Waals surface area (Å²) in [5.74, 6) is 0. The van der Waals surface area contributed by atoms with Crippen LogP contribution in [-0.4, -0.2) is 61.4 Å². The molecule has 2 saturated heterocycles. The van der Waals surface area contributed by atoms with Gasteiger partial charge in [0.25, 0.3) is 0 Å². The predicted octanol–water partition coefficient (Wildman–Crippen LogP) is -1.55. The van der Waals surface area contributed by atoms with Gasteiger partial charge in [-0.05, 0) is 0 Å². The first-order valence-electron chi connectivity index (χ1n) is 4.54. The molecule has 82 valence electrons. The number of aliphatic hydroxyl groups is 2. The van der Waals surface area contributed by atoms with E-state index in [1.54, 1.807) is 0 Å². The second-order valence-electron chi connectivity index (χ2n) is 3.37. The van der Waals surface area contributed by atoms with Crippen molar-refractivity contribution >= 4 is 0 Å². The summed E-state index contributed by atoms with van der Waals surface area (Å²) < 4.78 is 20.0. The van der Waals surface area contributed by atoms with Gasteiger partial charge < -0.3 is 29.2 Å². The molecule has 0 amide bonds. The normalized spacial score (nSPS) is 37.3. The fourth-order valence-electron chi connectivity index (χ4n) is 1.53. The van der Waals surface area contributed by atoms with Gasteiger partial charge in [0.1, 0.15) is 38.0 Å². The van der Waals surface area contributed by atoms with Crippen LogP contribution in [0.3, 0.4) is 0 Å². The third-order valence-corrected chi connectivity index (χ3v) is 2.41. The lowest BCUT2D eigenvalue weighted by Crippen LogP contribution is -2.46. The highest BCUT2D eigenvalue weighted by atomic mass is 16.7. The minimum absolute atomic E-state index is 0.163. The van der Waals surface area contributed by atoms with Crippen LogP contribution in [0.4, 0.5) is 0 Å². The molecule has 2 unspecified atom stereocenters. The summed E-state index contributed by atoms with van der Waals surface area (Å²) in [5, 5.41) is 19.4. The Morgan fingerprint density at radius 1 is 0.857 bits per heavy atom. The van der Waals surface area contributed by atoms with E-state index >= 15 is 0 Å². The number of hydrogen-bond donors (Lipinski definition) is 2. The van der Waals surface area contributed by atoms with Crippen LogP contribution in [0.2, 0.25) is 0 Å². The Morgan fingerprint density at radius 3 is 1.57 bits per heavy atom. The van der Waals surface area contributed by atoms with E-state index in [-0.39, 0.29) is 13.6 Å². The van der Waals surface area contributed by atoms with E-state index in [4.69, 9.17) is 18.9 Å². The fourth-order valence-corrected chi connectivity index (χ4v) is 1.53. The van der Waals surface area contributed by atoms with E-state index in [0.717, 1.165) is 0 Å². The van der Waals surface area contributed by atoms with Gasteiger partial charge >= 0.3 is 0 Å². The van der Waals surface area contributed by atoms with Crippen molar-refractivity contribution in [1.29, 1.82) is 0 Å². The maximum absolute atomic E-state index is 9.69. The highest BCUT2D eigenvalue weighted by molar-refractivity contribution is 4.84. The van der Waals surface area contributed by atoms with Crippen LogP contribution in [0.25, 0.3) is 0 Å². The molecule has 2 aliphatic rings. The lowest BCUT2D eigenvalue weighted by atomic mass is 10.0. The molecule has 0 aromatic carbocycles. The quantitative estimate of drug-likeness (QED) is 0.582. The minimum atomic E-state index is -0.996. The Labute approximate surface area is 81.3 Å². The first-order chi connectivity index (χ1) is 6.79. The van der Waals surface area contributed by atoms with Crippen LogP contribution in [0, 0.1) is 0 Å². The molecular formula is C8H14O6. The number of ether oxygens (including phenoxy) is 4. The first-order valence-corrected chi connectivity index (χ1v) is 4.54. The van der Waals surface area contributed by atoms with Gasteiger partial charge in [-0.1, -0.05) is 0 Å². The van der Waals surface area contributed by atoms with Crippen LogP contribution in [0.5, 0.6) is 0 Å². The Morgan fingerprint density at radius 2 is 1.29 bits per heavy atom. The molecule has 6 nitrogen and oxygen atoms in total. The van der Waals surface area contributed by atoms with Gasteiger partial charge in [-0.2, -0.15) is 0 Å². The molecule has 0 saturated carbocycles. The minimum Gasteiger partial charge on any atom is -0.387 e. The summed E-state index contributed by atoms with van der Waals surface area (Å²) in [6.07, 6.45) is -2.95. The molecule has 6 heteroatoms. The number of hydrogen-bond acceptors (Lipinski definition) is 6. The monoisotopic (exact) mass is 206 g/mol. The van der Waals surface area contributed by atoms with Gasteiger partial charge in [0.05, 0.1) is 13.2 Å². The van der Waals surface area contributed by atoms with Gasteiger partial charge in [-0.15, -0.1) is 0 Å². The molecule has 4 atom stereocenters. The van der Waals surface area contributed by atoms with Crippen LogP contribution in [0.15, 0.2) is 0 Å². The van der Waals surface area contributed by atoms with Gasteiger partial charge in [-0.3, -0.25) is 0 Å². The Balaban J connectivity index is 1.85. The fraction of sp³-hybridized carbons (Fsp3) is 1.00. The maximum atomic E-state index is 9.69. The van der Waals surface area contributed by atoms with E-state index < -0.39 is 24.4 Å². The molecule has 2 aliphatic heterocycles. The molecule has 2 N–H and O–H groups in total. The van der Waals surface area contributed by atoms with Crippen molar-refractivity contribution in [3.05, 3.63) is 0 Å². The van der Waals surface area contributed by atoms with Gasteiger partial charge in [0.15, 0.2) is 0 Å². The van der Waals surface area contributed by atoms with Crippen molar-refractivity contribution in [2.24, 2.45) is 0 Å². The van der Waals surface area contributed by atoms with E-state index in [9.17, 15) is 10.2 Å². The third kappa shape index (κ3) is 2.05. The average Bonchev–Trinajstić information content (AvgIpc) is 2.87. The second kappa shape index (κ2) is 4.52. The summed E-state index contributed by atoms with van der Waals surface area (Å²) >= 11 is 0. The smallest absolute Gasteiger partial charge is 0.147 e. The molecule has 0 aromatic heterocycles. The topological polar surface area (TPSA) is 77.4 Å². The summed E-state index contributed by atoms with van der Waals surface area (Å²) in [5.41, 5.74) is 0. The van der Waals surface area contributed by atoms with Crippen molar-refractivity contribution in [1.82, 2.24) is 0 Å². The van der Waals surface area contributed by atoms with Gasteiger partial charge in [0.2, 0.25) is 0 Å². The van der Waals surface area contributed by atoms with Crippen LogP contribution in [0.1, 0.15) is 0 Å². The van der Waals surface area contributed by atoms with Crippen LogP contribution < -0.4 is 0 Å². The van der Waals surface area contributed by atoms with Gasteiger partial charge in [-0.25, -0.2) is 0 Å². The highest BCUT2D eigenvalue weighted by Gasteiger charge is 2.37. The number of aliphatic hydroxyl groups excluding tert-OH is 2. The molecular weight excluding hydrogens is 192 g/mol. The van der Waals surface area contributed by atoms with Crippen LogP contribution in [-0.2, 0) is 18.9 Å². The Kier molecular flexibility index (Phi) is 3.32. The third-order valence-electron chi connectivity index (χ3n) is 2.41. The molecule has 2 fully saturated rings. The zero-order valence-electron chi connectivity index (χ0n) is 7.67.